The average Bonchev–Trinajstić information content (AvgIpc) is 2.70. The molecule has 0 bridgehead atoms. The number of hydrogen-bond donors (Lipinski definition) is 1. The molecule has 3 rings (SSSR count). The van der Waals surface area contributed by atoms with E-state index in [4.69, 9.17) is 14.7 Å². The van der Waals surface area contributed by atoms with Crippen LogP contribution in [-0.4, -0.2) is 35.1 Å². The van der Waals surface area contributed by atoms with Gasteiger partial charge in [0.25, 0.3) is 5.91 Å². The number of hydrogen-bond acceptors (Lipinski definition) is 6. The Balaban J connectivity index is 1.46. The van der Waals surface area contributed by atoms with Crippen LogP contribution >= 0.6 is 0 Å². The molecule has 0 radical (unpaired) electrons. The highest BCUT2D eigenvalue weighted by atomic mass is 16.5. The second-order valence-corrected chi connectivity index (χ2v) is 6.15. The first-order valence-electron chi connectivity index (χ1n) is 8.51. The van der Waals surface area contributed by atoms with Crippen LogP contribution in [0.15, 0.2) is 36.7 Å². The molecule has 1 aliphatic carbocycles. The minimum atomic E-state index is -0.127. The number of pyridine rings is 2. The van der Waals surface area contributed by atoms with Crippen molar-refractivity contribution in [3.05, 3.63) is 47.8 Å². The van der Waals surface area contributed by atoms with E-state index in [2.05, 4.69) is 15.3 Å². The number of amides is 1. The number of nitrogens with zero attached hydrogens (tertiary/aromatic N) is 3. The Morgan fingerprint density at radius 2 is 1.85 bits per heavy atom. The number of methoxy groups -OCH3 is 1. The van der Waals surface area contributed by atoms with Gasteiger partial charge in [-0.3, -0.25) is 4.79 Å². The van der Waals surface area contributed by atoms with Gasteiger partial charge in [-0.25, -0.2) is 9.97 Å². The fraction of sp³-hybridized carbons (Fsp3) is 0.368. The van der Waals surface area contributed by atoms with Gasteiger partial charge in [0.1, 0.15) is 12.2 Å². The third kappa shape index (κ3) is 4.48. The second-order valence-electron chi connectivity index (χ2n) is 6.15. The molecule has 7 heteroatoms. The summed E-state index contributed by atoms with van der Waals surface area (Å²) >= 11 is 0. The lowest BCUT2D eigenvalue weighted by molar-refractivity contribution is 0.0889. The largest absolute Gasteiger partial charge is 0.481 e. The molecule has 0 unspecified atom stereocenters. The number of nitrogens with one attached hydrogen (secondary N) is 1. The molecule has 1 aliphatic rings. The van der Waals surface area contributed by atoms with Gasteiger partial charge in [-0.2, -0.15) is 5.26 Å². The van der Waals surface area contributed by atoms with Crippen molar-refractivity contribution < 1.29 is 14.3 Å². The number of carbonyl (C=O) groups is 1. The van der Waals surface area contributed by atoms with Crippen LogP contribution in [0.3, 0.4) is 0 Å². The number of nitriles is 1. The van der Waals surface area contributed by atoms with Crippen molar-refractivity contribution in [2.75, 3.05) is 7.11 Å². The van der Waals surface area contributed by atoms with Crippen molar-refractivity contribution in [1.82, 2.24) is 15.3 Å². The Kier molecular flexibility index (Phi) is 5.64. The zero-order valence-electron chi connectivity index (χ0n) is 14.5. The molecule has 7 nitrogen and oxygen atoms in total. The maximum Gasteiger partial charge on any atom is 0.253 e. The highest BCUT2D eigenvalue weighted by molar-refractivity contribution is 5.94. The van der Waals surface area contributed by atoms with Gasteiger partial charge in [0.05, 0.1) is 18.2 Å². The predicted octanol–water partition coefficient (Wildman–Crippen LogP) is 2.48. The van der Waals surface area contributed by atoms with Crippen molar-refractivity contribution in [2.24, 2.45) is 0 Å². The first-order chi connectivity index (χ1) is 12.7. The van der Waals surface area contributed by atoms with Gasteiger partial charge in [0, 0.05) is 30.6 Å². The van der Waals surface area contributed by atoms with E-state index in [1.165, 1.54) is 19.5 Å². The van der Waals surface area contributed by atoms with Crippen LogP contribution < -0.4 is 14.8 Å². The highest BCUT2D eigenvalue weighted by Crippen LogP contribution is 2.23. The molecule has 1 amide bonds. The van der Waals surface area contributed by atoms with Crippen molar-refractivity contribution >= 4 is 5.91 Å². The van der Waals surface area contributed by atoms with Crippen LogP contribution in [0.1, 0.15) is 41.6 Å². The zero-order chi connectivity index (χ0) is 18.4. The van der Waals surface area contributed by atoms with Crippen LogP contribution in [0, 0.1) is 11.3 Å². The molecule has 134 valence electrons. The summed E-state index contributed by atoms with van der Waals surface area (Å²) in [5.41, 5.74) is 1.03. The summed E-state index contributed by atoms with van der Waals surface area (Å²) < 4.78 is 10.9. The lowest BCUT2D eigenvalue weighted by Crippen LogP contribution is -2.39. The Labute approximate surface area is 152 Å². The zero-order valence-corrected chi connectivity index (χ0v) is 14.5. The minimum Gasteiger partial charge on any atom is -0.481 e. The summed E-state index contributed by atoms with van der Waals surface area (Å²) in [5.74, 6) is 0.884. The third-order valence-electron chi connectivity index (χ3n) is 4.37. The van der Waals surface area contributed by atoms with E-state index in [0.717, 1.165) is 25.7 Å². The van der Waals surface area contributed by atoms with Gasteiger partial charge in [-0.1, -0.05) is 0 Å². The third-order valence-corrected chi connectivity index (χ3v) is 4.37. The summed E-state index contributed by atoms with van der Waals surface area (Å²) in [6.07, 6.45) is 6.46. The Hall–Kier alpha value is -3.14. The van der Waals surface area contributed by atoms with Crippen LogP contribution in [0.5, 0.6) is 11.8 Å². The normalized spacial score (nSPS) is 19.2. The Morgan fingerprint density at radius 3 is 2.42 bits per heavy atom. The number of aromatic nitrogens is 2. The minimum absolute atomic E-state index is 0.0752. The van der Waals surface area contributed by atoms with Gasteiger partial charge in [0.2, 0.25) is 11.8 Å². The molecule has 0 atom stereocenters. The predicted molar refractivity (Wildman–Crippen MR) is 93.9 cm³/mol. The topological polar surface area (TPSA) is 97.1 Å². The van der Waals surface area contributed by atoms with Gasteiger partial charge in [0.15, 0.2) is 0 Å². The first-order valence-corrected chi connectivity index (χ1v) is 8.51. The SMILES string of the molecule is COc1ccc(C(=O)NC2CCC(Oc3ccc(C#N)cn3)CC2)cn1. The molecule has 2 heterocycles. The number of carbonyl (C=O) groups excluding carboxylic acids is 1. The fourth-order valence-corrected chi connectivity index (χ4v) is 2.92. The first kappa shape index (κ1) is 17.7. The molecule has 2 aromatic rings. The lowest BCUT2D eigenvalue weighted by Gasteiger charge is -2.29. The summed E-state index contributed by atoms with van der Waals surface area (Å²) in [4.78, 5) is 20.5. The monoisotopic (exact) mass is 352 g/mol. The van der Waals surface area contributed by atoms with E-state index < -0.39 is 0 Å². The van der Waals surface area contributed by atoms with Gasteiger partial charge in [-0.15, -0.1) is 0 Å². The summed E-state index contributed by atoms with van der Waals surface area (Å²) in [5, 5.41) is 11.8. The van der Waals surface area contributed by atoms with Crippen LogP contribution in [0.4, 0.5) is 0 Å². The van der Waals surface area contributed by atoms with Crippen molar-refractivity contribution in [3.8, 4) is 17.8 Å². The molecule has 1 N–H and O–H groups in total. The van der Waals surface area contributed by atoms with Crippen molar-refractivity contribution in [1.29, 1.82) is 5.26 Å². The average molecular weight is 352 g/mol. The van der Waals surface area contributed by atoms with E-state index >= 15 is 0 Å². The number of ether oxygens (including phenoxy) is 2. The lowest BCUT2D eigenvalue weighted by atomic mass is 9.92. The van der Waals surface area contributed by atoms with Gasteiger partial charge < -0.3 is 14.8 Å². The molecule has 2 aromatic heterocycles. The maximum atomic E-state index is 12.3. The quantitative estimate of drug-likeness (QED) is 0.888. The number of rotatable bonds is 5. The molecule has 0 aromatic carbocycles. The van der Waals surface area contributed by atoms with Crippen LogP contribution in [-0.2, 0) is 0 Å². The fourth-order valence-electron chi connectivity index (χ4n) is 2.92. The maximum absolute atomic E-state index is 12.3. The van der Waals surface area contributed by atoms with E-state index in [-0.39, 0.29) is 18.1 Å². The molecule has 0 spiro atoms. The molecule has 1 saturated carbocycles. The Bertz CT molecular complexity index is 776. The van der Waals surface area contributed by atoms with Crippen LogP contribution in [0.25, 0.3) is 0 Å². The Morgan fingerprint density at radius 1 is 1.12 bits per heavy atom. The molecular weight excluding hydrogens is 332 g/mol. The van der Waals surface area contributed by atoms with Crippen LogP contribution in [0.2, 0.25) is 0 Å². The second kappa shape index (κ2) is 8.30. The van der Waals surface area contributed by atoms with Gasteiger partial charge in [-0.05, 0) is 37.8 Å². The molecule has 1 fully saturated rings. The highest BCUT2D eigenvalue weighted by Gasteiger charge is 2.24. The van der Waals surface area contributed by atoms with Gasteiger partial charge >= 0.3 is 0 Å². The summed E-state index contributed by atoms with van der Waals surface area (Å²) in [7, 11) is 1.54. The van der Waals surface area contributed by atoms with E-state index in [0.29, 0.717) is 22.9 Å². The van der Waals surface area contributed by atoms with Crippen molar-refractivity contribution in [3.63, 3.8) is 0 Å². The summed E-state index contributed by atoms with van der Waals surface area (Å²) in [6, 6.07) is 8.93. The van der Waals surface area contributed by atoms with E-state index in [1.54, 1.807) is 24.3 Å². The van der Waals surface area contributed by atoms with E-state index in [9.17, 15) is 4.79 Å². The molecular formula is C19H20N4O3. The standard InChI is InChI=1S/C19H20N4O3/c1-25-17-9-3-14(12-22-17)19(24)23-15-4-6-16(7-5-15)26-18-8-2-13(10-20)11-21-18/h2-3,8-9,11-12,15-16H,4-7H2,1H3,(H,23,24). The molecule has 0 aliphatic heterocycles. The molecule has 0 saturated heterocycles. The van der Waals surface area contributed by atoms with Crippen molar-refractivity contribution in [2.45, 2.75) is 37.8 Å². The molecule has 26 heavy (non-hydrogen) atoms. The smallest absolute Gasteiger partial charge is 0.253 e. The van der Waals surface area contributed by atoms with E-state index in [1.807, 2.05) is 6.07 Å². The summed E-state index contributed by atoms with van der Waals surface area (Å²) in [6.45, 7) is 0.